The summed E-state index contributed by atoms with van der Waals surface area (Å²) in [6.07, 6.45) is 2.26. The van der Waals surface area contributed by atoms with Gasteiger partial charge < -0.3 is 10.1 Å². The lowest BCUT2D eigenvalue weighted by molar-refractivity contribution is 0.189. The van der Waals surface area contributed by atoms with Crippen molar-refractivity contribution in [2.75, 3.05) is 20.3 Å². The predicted molar refractivity (Wildman–Crippen MR) is 77.2 cm³/mol. The molecule has 0 saturated carbocycles. The predicted octanol–water partition coefficient (Wildman–Crippen LogP) is 4.04. The van der Waals surface area contributed by atoms with Crippen molar-refractivity contribution in [1.29, 1.82) is 0 Å². The Morgan fingerprint density at radius 3 is 3.00 bits per heavy atom. The molecule has 2 heterocycles. The van der Waals surface area contributed by atoms with Gasteiger partial charge in [0.2, 0.25) is 0 Å². The molecule has 0 aliphatic rings. The van der Waals surface area contributed by atoms with Gasteiger partial charge in [-0.05, 0) is 36.9 Å². The third-order valence-corrected chi connectivity index (χ3v) is 5.00. The summed E-state index contributed by atoms with van der Waals surface area (Å²) in [5.41, 5.74) is 0. The molecule has 2 rings (SSSR count). The van der Waals surface area contributed by atoms with Crippen LogP contribution in [-0.2, 0) is 4.74 Å². The van der Waals surface area contributed by atoms with E-state index < -0.39 is 0 Å². The van der Waals surface area contributed by atoms with Crippen molar-refractivity contribution in [1.82, 2.24) is 5.32 Å². The molecular weight excluding hydrogens is 250 g/mol. The van der Waals surface area contributed by atoms with Gasteiger partial charge in [0.05, 0.1) is 0 Å². The second kappa shape index (κ2) is 6.50. The minimum atomic E-state index is 0.486. The molecule has 0 bridgehead atoms. The van der Waals surface area contributed by atoms with Gasteiger partial charge in [-0.25, -0.2) is 0 Å². The molecule has 0 spiro atoms. The number of methoxy groups -OCH3 is 1. The molecule has 2 aromatic rings. The van der Waals surface area contributed by atoms with Crippen LogP contribution in [0.2, 0.25) is 0 Å². The number of hydrogen-bond acceptors (Lipinski definition) is 4. The number of ether oxygens (including phenoxy) is 1. The Hall–Kier alpha value is -0.420. The Morgan fingerprint density at radius 2 is 2.29 bits per heavy atom. The van der Waals surface area contributed by atoms with Crippen molar-refractivity contribution in [2.24, 2.45) is 0 Å². The van der Waals surface area contributed by atoms with Crippen LogP contribution in [0, 0.1) is 0 Å². The highest BCUT2D eigenvalue weighted by molar-refractivity contribution is 7.26. The lowest BCUT2D eigenvalue weighted by Crippen LogP contribution is -2.20. The van der Waals surface area contributed by atoms with Crippen molar-refractivity contribution >= 4 is 32.1 Å². The smallest absolute Gasteiger partial charge is 0.0462 e. The van der Waals surface area contributed by atoms with Crippen molar-refractivity contribution in [3.05, 3.63) is 22.4 Å². The molecule has 4 heteroatoms. The maximum absolute atomic E-state index is 5.13. The zero-order valence-electron chi connectivity index (χ0n) is 10.4. The van der Waals surface area contributed by atoms with Gasteiger partial charge in [-0.15, -0.1) is 22.7 Å². The van der Waals surface area contributed by atoms with Gasteiger partial charge in [0.25, 0.3) is 0 Å². The molecule has 0 amide bonds. The quantitative estimate of drug-likeness (QED) is 0.766. The molecule has 2 aromatic heterocycles. The van der Waals surface area contributed by atoms with Crippen LogP contribution in [0.25, 0.3) is 9.40 Å². The summed E-state index contributed by atoms with van der Waals surface area (Å²) in [5, 5.41) is 5.73. The molecule has 0 radical (unpaired) electrons. The summed E-state index contributed by atoms with van der Waals surface area (Å²) in [6.45, 7) is 4.03. The highest BCUT2D eigenvalue weighted by atomic mass is 32.1. The summed E-state index contributed by atoms with van der Waals surface area (Å²) in [6, 6.07) is 5.04. The molecule has 0 aromatic carbocycles. The van der Waals surface area contributed by atoms with Crippen LogP contribution in [0.15, 0.2) is 17.5 Å². The molecule has 0 aliphatic heterocycles. The van der Waals surface area contributed by atoms with E-state index in [0.717, 1.165) is 26.0 Å². The first-order valence-electron chi connectivity index (χ1n) is 6.04. The van der Waals surface area contributed by atoms with Crippen LogP contribution >= 0.6 is 22.7 Å². The minimum Gasteiger partial charge on any atom is -0.385 e. The highest BCUT2D eigenvalue weighted by Crippen LogP contribution is 2.34. The summed E-state index contributed by atoms with van der Waals surface area (Å²) in [5.74, 6) is 0. The Labute approximate surface area is 111 Å². The van der Waals surface area contributed by atoms with Crippen LogP contribution in [0.1, 0.15) is 30.7 Å². The minimum absolute atomic E-state index is 0.486. The van der Waals surface area contributed by atoms with E-state index >= 15 is 0 Å². The summed E-state index contributed by atoms with van der Waals surface area (Å²) in [4.78, 5) is 1.46. The molecule has 0 fully saturated rings. The number of rotatable bonds is 7. The topological polar surface area (TPSA) is 21.3 Å². The van der Waals surface area contributed by atoms with Crippen molar-refractivity contribution in [2.45, 2.75) is 25.8 Å². The summed E-state index contributed by atoms with van der Waals surface area (Å²) >= 11 is 3.75. The standard InChI is InChI=1S/C13H19NOS2/c1-3-14-10(5-4-7-15-2)12-9-13-11(17-12)6-8-16-13/h6,8-10,14H,3-5,7H2,1-2H3. The van der Waals surface area contributed by atoms with E-state index in [0.29, 0.717) is 6.04 Å². The Bertz CT molecular complexity index is 420. The first kappa shape index (κ1) is 13.0. The highest BCUT2D eigenvalue weighted by Gasteiger charge is 2.13. The number of thiophene rings is 2. The van der Waals surface area contributed by atoms with Crippen molar-refractivity contribution in [3.63, 3.8) is 0 Å². The molecule has 94 valence electrons. The molecular formula is C13H19NOS2. The lowest BCUT2D eigenvalue weighted by atomic mass is 10.1. The average molecular weight is 269 g/mol. The van der Waals surface area contributed by atoms with Crippen molar-refractivity contribution in [3.8, 4) is 0 Å². The van der Waals surface area contributed by atoms with E-state index in [1.165, 1.54) is 14.3 Å². The Morgan fingerprint density at radius 1 is 1.41 bits per heavy atom. The first-order valence-corrected chi connectivity index (χ1v) is 7.74. The van der Waals surface area contributed by atoms with Gasteiger partial charge in [0.15, 0.2) is 0 Å². The third kappa shape index (κ3) is 3.28. The van der Waals surface area contributed by atoms with E-state index in [1.54, 1.807) is 7.11 Å². The lowest BCUT2D eigenvalue weighted by Gasteiger charge is -2.15. The monoisotopic (exact) mass is 269 g/mol. The van der Waals surface area contributed by atoms with E-state index in [4.69, 9.17) is 4.74 Å². The first-order chi connectivity index (χ1) is 8.35. The van der Waals surface area contributed by atoms with Crippen LogP contribution < -0.4 is 5.32 Å². The van der Waals surface area contributed by atoms with Gasteiger partial charge in [-0.2, -0.15) is 0 Å². The Kier molecular flexibility index (Phi) is 4.98. The molecule has 0 aliphatic carbocycles. The maximum atomic E-state index is 5.13. The van der Waals surface area contributed by atoms with Crippen LogP contribution in [0.3, 0.4) is 0 Å². The zero-order valence-corrected chi connectivity index (χ0v) is 12.0. The van der Waals surface area contributed by atoms with E-state index in [1.807, 2.05) is 22.7 Å². The summed E-state index contributed by atoms with van der Waals surface area (Å²) in [7, 11) is 1.77. The number of nitrogens with one attached hydrogen (secondary N) is 1. The van der Waals surface area contributed by atoms with E-state index in [2.05, 4.69) is 29.8 Å². The number of fused-ring (bicyclic) bond motifs is 1. The fourth-order valence-corrected chi connectivity index (χ4v) is 4.21. The van der Waals surface area contributed by atoms with Gasteiger partial charge in [-0.3, -0.25) is 0 Å². The molecule has 1 unspecified atom stereocenters. The van der Waals surface area contributed by atoms with Gasteiger partial charge >= 0.3 is 0 Å². The molecule has 2 nitrogen and oxygen atoms in total. The normalized spacial score (nSPS) is 13.3. The van der Waals surface area contributed by atoms with Crippen LogP contribution in [0.4, 0.5) is 0 Å². The van der Waals surface area contributed by atoms with Gasteiger partial charge in [0.1, 0.15) is 0 Å². The van der Waals surface area contributed by atoms with E-state index in [-0.39, 0.29) is 0 Å². The second-order valence-electron chi connectivity index (χ2n) is 4.04. The summed E-state index contributed by atoms with van der Waals surface area (Å²) < 4.78 is 7.96. The molecule has 0 saturated heterocycles. The fraction of sp³-hybridized carbons (Fsp3) is 0.538. The van der Waals surface area contributed by atoms with Crippen LogP contribution in [-0.4, -0.2) is 20.3 Å². The third-order valence-electron chi connectivity index (χ3n) is 2.79. The zero-order chi connectivity index (χ0) is 12.1. The Balaban J connectivity index is 2.06. The molecule has 17 heavy (non-hydrogen) atoms. The molecule has 1 N–H and O–H groups in total. The van der Waals surface area contributed by atoms with Crippen LogP contribution in [0.5, 0.6) is 0 Å². The number of hydrogen-bond donors (Lipinski definition) is 1. The molecule has 1 atom stereocenters. The fourth-order valence-electron chi connectivity index (χ4n) is 1.98. The largest absolute Gasteiger partial charge is 0.385 e. The SMILES string of the molecule is CCNC(CCCOC)c1cc2sccc2s1. The van der Waals surface area contributed by atoms with E-state index in [9.17, 15) is 0 Å². The maximum Gasteiger partial charge on any atom is 0.0462 e. The van der Waals surface area contributed by atoms with Gasteiger partial charge in [-0.1, -0.05) is 6.92 Å². The van der Waals surface area contributed by atoms with Gasteiger partial charge in [0, 0.05) is 34.0 Å². The van der Waals surface area contributed by atoms with Crippen molar-refractivity contribution < 1.29 is 4.74 Å². The average Bonchev–Trinajstić information content (AvgIpc) is 2.88. The second-order valence-corrected chi connectivity index (χ2v) is 6.11.